The summed E-state index contributed by atoms with van der Waals surface area (Å²) in [5.74, 6) is -0.233. The molecule has 0 amide bonds. The minimum absolute atomic E-state index is 0.0586. The summed E-state index contributed by atoms with van der Waals surface area (Å²) in [5, 5.41) is 20.3. The maximum atomic E-state index is 11.8. The number of aromatic nitrogens is 4. The molecule has 0 aliphatic carbocycles. The normalized spacial score (nSPS) is 27.9. The highest BCUT2D eigenvalue weighted by Crippen LogP contribution is 2.57. The van der Waals surface area contributed by atoms with Crippen LogP contribution in [0.3, 0.4) is 0 Å². The van der Waals surface area contributed by atoms with Gasteiger partial charge in [0.05, 0.1) is 12.9 Å². The molecule has 3 rings (SSSR count). The van der Waals surface area contributed by atoms with Crippen LogP contribution < -0.4 is 11.3 Å². The van der Waals surface area contributed by atoms with Crippen LogP contribution in [-0.2, 0) is 22.7 Å². The lowest BCUT2D eigenvalue weighted by Crippen LogP contribution is -2.33. The number of ether oxygens (including phenoxy) is 1. The predicted octanol–water partition coefficient (Wildman–Crippen LogP) is -2.45. The molecule has 1 saturated heterocycles. The lowest BCUT2D eigenvalue weighted by atomic mass is 10.1. The number of nitrogens with two attached hydrogens (primary N) is 1. The minimum Gasteiger partial charge on any atom is -0.387 e. The van der Waals surface area contributed by atoms with Crippen molar-refractivity contribution in [1.29, 1.82) is 0 Å². The van der Waals surface area contributed by atoms with Crippen LogP contribution in [0.1, 0.15) is 6.23 Å². The molecule has 0 saturated carbocycles. The zero-order valence-corrected chi connectivity index (χ0v) is 15.4. The molecule has 2 aromatic heterocycles. The van der Waals surface area contributed by atoms with Gasteiger partial charge >= 0.3 is 15.6 Å². The molecule has 1 fully saturated rings. The fourth-order valence-electron chi connectivity index (χ4n) is 2.55. The number of rotatable bonds is 6. The van der Waals surface area contributed by atoms with E-state index in [-0.39, 0.29) is 17.1 Å². The van der Waals surface area contributed by atoms with E-state index >= 15 is 0 Å². The van der Waals surface area contributed by atoms with E-state index in [4.69, 9.17) is 20.3 Å². The number of H-pyrrole nitrogens is 1. The van der Waals surface area contributed by atoms with E-state index in [0.29, 0.717) is 0 Å². The van der Waals surface area contributed by atoms with Crippen LogP contribution in [-0.4, -0.2) is 69.3 Å². The predicted molar refractivity (Wildman–Crippen MR) is 87.4 cm³/mol. The lowest BCUT2D eigenvalue weighted by molar-refractivity contribution is -0.0503. The van der Waals surface area contributed by atoms with E-state index in [1.807, 2.05) is 0 Å². The number of phosphoric ester groups is 1. The van der Waals surface area contributed by atoms with Crippen molar-refractivity contribution in [3.63, 3.8) is 0 Å². The molecule has 3 heterocycles. The van der Waals surface area contributed by atoms with Gasteiger partial charge in [0.15, 0.2) is 17.4 Å². The van der Waals surface area contributed by atoms with Gasteiger partial charge in [0, 0.05) is 0 Å². The molecule has 28 heavy (non-hydrogen) atoms. The molecule has 5 atom stereocenters. The van der Waals surface area contributed by atoms with Crippen molar-refractivity contribution in [2.24, 2.45) is 0 Å². The van der Waals surface area contributed by atoms with E-state index in [9.17, 15) is 29.0 Å². The molecule has 1 aliphatic rings. The number of imidazole rings is 1. The average molecular weight is 443 g/mol. The van der Waals surface area contributed by atoms with Crippen LogP contribution in [0.2, 0.25) is 0 Å². The van der Waals surface area contributed by atoms with Crippen LogP contribution in [0.5, 0.6) is 0 Å². The number of aromatic amines is 1. The summed E-state index contributed by atoms with van der Waals surface area (Å²) in [4.78, 5) is 48.1. The number of aliphatic hydroxyl groups excluding tert-OH is 2. The van der Waals surface area contributed by atoms with Crippen LogP contribution in [0, 0.1) is 0 Å². The molecule has 0 radical (unpaired) electrons. The SMILES string of the molecule is Nc1nc2c(ncn2[C@@H]2OC(COP(=O)(O)OP(=O)(O)O)[C@@H](O)[C@H]2O)c(=O)[nH]1. The second kappa shape index (κ2) is 7.27. The number of anilines is 1. The second-order valence-corrected chi connectivity index (χ2v) is 8.49. The van der Waals surface area contributed by atoms with Gasteiger partial charge < -0.3 is 35.4 Å². The van der Waals surface area contributed by atoms with Crippen molar-refractivity contribution in [2.75, 3.05) is 12.3 Å². The lowest BCUT2D eigenvalue weighted by Gasteiger charge is -2.17. The highest BCUT2D eigenvalue weighted by atomic mass is 31.3. The zero-order chi connectivity index (χ0) is 20.9. The fraction of sp³-hybridized carbons (Fsp3) is 0.500. The Morgan fingerprint density at radius 2 is 1.96 bits per heavy atom. The van der Waals surface area contributed by atoms with Crippen molar-refractivity contribution in [1.82, 2.24) is 19.5 Å². The molecule has 1 aliphatic heterocycles. The maximum Gasteiger partial charge on any atom is 0.481 e. The van der Waals surface area contributed by atoms with E-state index in [1.165, 1.54) is 0 Å². The van der Waals surface area contributed by atoms with Crippen molar-refractivity contribution in [3.05, 3.63) is 16.7 Å². The van der Waals surface area contributed by atoms with Gasteiger partial charge in [-0.05, 0) is 0 Å². The monoisotopic (exact) mass is 443 g/mol. The smallest absolute Gasteiger partial charge is 0.387 e. The summed E-state index contributed by atoms with van der Waals surface area (Å²) in [6.45, 7) is -0.870. The van der Waals surface area contributed by atoms with E-state index in [0.717, 1.165) is 10.9 Å². The van der Waals surface area contributed by atoms with Crippen LogP contribution in [0.4, 0.5) is 5.95 Å². The Balaban J connectivity index is 1.79. The molecule has 18 heteroatoms. The van der Waals surface area contributed by atoms with Crippen LogP contribution in [0.25, 0.3) is 11.2 Å². The quantitative estimate of drug-likeness (QED) is 0.229. The Bertz CT molecular complexity index is 1030. The Morgan fingerprint density at radius 1 is 1.29 bits per heavy atom. The number of phosphoric acid groups is 2. The highest BCUT2D eigenvalue weighted by Gasteiger charge is 2.46. The Hall–Kier alpha value is -1.71. The largest absolute Gasteiger partial charge is 0.481 e. The maximum absolute atomic E-state index is 11.8. The first kappa shape index (κ1) is 21.0. The van der Waals surface area contributed by atoms with Gasteiger partial charge in [-0.25, -0.2) is 14.1 Å². The number of nitrogens with zero attached hydrogens (tertiary/aromatic N) is 3. The van der Waals surface area contributed by atoms with Gasteiger partial charge in [0.2, 0.25) is 5.95 Å². The van der Waals surface area contributed by atoms with Crippen LogP contribution >= 0.6 is 15.6 Å². The van der Waals surface area contributed by atoms with E-state index in [2.05, 4.69) is 23.8 Å². The first-order chi connectivity index (χ1) is 12.9. The van der Waals surface area contributed by atoms with Gasteiger partial charge in [-0.1, -0.05) is 0 Å². The molecule has 0 spiro atoms. The van der Waals surface area contributed by atoms with E-state index < -0.39 is 52.4 Å². The van der Waals surface area contributed by atoms with Crippen molar-refractivity contribution >= 4 is 32.8 Å². The van der Waals surface area contributed by atoms with Crippen molar-refractivity contribution < 1.29 is 47.6 Å². The molecule has 0 aromatic carbocycles. The molecule has 2 unspecified atom stereocenters. The summed E-state index contributed by atoms with van der Waals surface area (Å²) >= 11 is 0. The topological polar surface area (TPSA) is 253 Å². The number of nitrogen functional groups attached to an aromatic ring is 1. The van der Waals surface area contributed by atoms with Gasteiger partial charge in [-0.3, -0.25) is 18.9 Å². The number of hydrogen-bond acceptors (Lipinski definition) is 11. The van der Waals surface area contributed by atoms with Gasteiger partial charge in [0.1, 0.15) is 18.3 Å². The third kappa shape index (κ3) is 4.31. The minimum atomic E-state index is -5.32. The van der Waals surface area contributed by atoms with Gasteiger partial charge in [-0.15, -0.1) is 0 Å². The molecule has 156 valence electrons. The van der Waals surface area contributed by atoms with Gasteiger partial charge in [-0.2, -0.15) is 9.29 Å². The average Bonchev–Trinajstić information content (AvgIpc) is 3.06. The summed E-state index contributed by atoms with van der Waals surface area (Å²) in [6.07, 6.45) is -4.88. The third-order valence-electron chi connectivity index (χ3n) is 3.67. The Kier molecular flexibility index (Phi) is 5.46. The number of hydrogen-bond donors (Lipinski definition) is 7. The molecule has 2 aromatic rings. The summed E-state index contributed by atoms with van der Waals surface area (Å²) in [6, 6.07) is 0. The van der Waals surface area contributed by atoms with Crippen molar-refractivity contribution in [3.8, 4) is 0 Å². The Morgan fingerprint density at radius 3 is 2.61 bits per heavy atom. The fourth-order valence-corrected chi connectivity index (χ4v) is 4.15. The molecule has 0 bridgehead atoms. The highest BCUT2D eigenvalue weighted by molar-refractivity contribution is 7.60. The van der Waals surface area contributed by atoms with Gasteiger partial charge in [0.25, 0.3) is 5.56 Å². The molecular weight excluding hydrogens is 428 g/mol. The molecular formula is C10H15N5O11P2. The first-order valence-corrected chi connectivity index (χ1v) is 10.4. The number of fused-ring (bicyclic) bond motifs is 1. The molecule has 8 N–H and O–H groups in total. The standard InChI is InChI=1S/C10H15N5O11P2/c11-10-13-7-4(8(18)14-10)12-2-15(7)9-6(17)5(16)3(25-9)1-24-28(22,23)26-27(19,20)21/h2-3,5-6,9,16-17H,1H2,(H,22,23)(H2,19,20,21)(H3,11,13,14,18)/t3?,5-,6-,9-/m1/s1. The summed E-state index contributed by atoms with van der Waals surface area (Å²) in [5.41, 5.74) is 4.65. The number of aliphatic hydroxyl groups is 2. The summed E-state index contributed by atoms with van der Waals surface area (Å²) in [7, 11) is -10.5. The van der Waals surface area contributed by atoms with E-state index in [1.54, 1.807) is 0 Å². The molecule has 16 nitrogen and oxygen atoms in total. The Labute approximate surface area is 154 Å². The second-order valence-electron chi connectivity index (χ2n) is 5.66. The third-order valence-corrected chi connectivity index (χ3v) is 5.83. The first-order valence-electron chi connectivity index (χ1n) is 7.36. The van der Waals surface area contributed by atoms with Crippen LogP contribution in [0.15, 0.2) is 11.1 Å². The zero-order valence-electron chi connectivity index (χ0n) is 13.6. The van der Waals surface area contributed by atoms with Crippen molar-refractivity contribution in [2.45, 2.75) is 24.5 Å². The summed E-state index contributed by atoms with van der Waals surface area (Å²) < 4.78 is 36.6. The number of nitrogens with one attached hydrogen (secondary N) is 1.